The predicted octanol–water partition coefficient (Wildman–Crippen LogP) is -0.110. The van der Waals surface area contributed by atoms with Crippen LogP contribution in [0.1, 0.15) is 19.8 Å². The average Bonchev–Trinajstić information content (AvgIpc) is 2.65. The highest BCUT2D eigenvalue weighted by molar-refractivity contribution is 5.75. The number of nitrogens with one attached hydrogen (secondary N) is 2. The minimum atomic E-state index is -0.201. The fourth-order valence-corrected chi connectivity index (χ4v) is 1.51. The second kappa shape index (κ2) is 5.19. The van der Waals surface area contributed by atoms with Crippen LogP contribution in [0.2, 0.25) is 0 Å². The van der Waals surface area contributed by atoms with Crippen molar-refractivity contribution in [3.63, 3.8) is 0 Å². The summed E-state index contributed by atoms with van der Waals surface area (Å²) in [6.45, 7) is 3.76. The third-order valence-electron chi connectivity index (χ3n) is 2.39. The van der Waals surface area contributed by atoms with Gasteiger partial charge in [0.1, 0.15) is 6.04 Å². The molecule has 13 heavy (non-hydrogen) atoms. The van der Waals surface area contributed by atoms with E-state index in [4.69, 9.17) is 0 Å². The van der Waals surface area contributed by atoms with E-state index in [0.29, 0.717) is 6.04 Å². The fraction of sp³-hybridized carbons (Fsp3) is 0.889. The Morgan fingerprint density at radius 1 is 1.77 bits per heavy atom. The summed E-state index contributed by atoms with van der Waals surface area (Å²) in [7, 11) is 1.41. The Hall–Kier alpha value is -0.610. The Morgan fingerprint density at radius 2 is 2.54 bits per heavy atom. The van der Waals surface area contributed by atoms with Crippen LogP contribution in [0.3, 0.4) is 0 Å². The second-order valence-corrected chi connectivity index (χ2v) is 3.45. The smallest absolute Gasteiger partial charge is 0.322 e. The number of esters is 1. The SMILES string of the molecule is COC(=O)C(C)NCC1CCCN1. The zero-order chi connectivity index (χ0) is 9.68. The molecule has 0 aromatic heterocycles. The van der Waals surface area contributed by atoms with Crippen LogP contribution >= 0.6 is 0 Å². The third-order valence-corrected chi connectivity index (χ3v) is 2.39. The number of hydrogen-bond donors (Lipinski definition) is 2. The van der Waals surface area contributed by atoms with Crippen LogP contribution in [0.15, 0.2) is 0 Å². The molecule has 2 unspecified atom stereocenters. The van der Waals surface area contributed by atoms with Crippen LogP contribution in [-0.2, 0) is 9.53 Å². The summed E-state index contributed by atoms with van der Waals surface area (Å²) in [4.78, 5) is 11.0. The molecule has 4 nitrogen and oxygen atoms in total. The van der Waals surface area contributed by atoms with Gasteiger partial charge in [-0.15, -0.1) is 0 Å². The van der Waals surface area contributed by atoms with Crippen molar-refractivity contribution in [3.05, 3.63) is 0 Å². The van der Waals surface area contributed by atoms with E-state index in [0.717, 1.165) is 13.1 Å². The molecule has 2 N–H and O–H groups in total. The molecule has 0 radical (unpaired) electrons. The molecule has 1 heterocycles. The van der Waals surface area contributed by atoms with Gasteiger partial charge in [-0.3, -0.25) is 4.79 Å². The molecule has 0 saturated carbocycles. The molecule has 0 aromatic rings. The summed E-state index contributed by atoms with van der Waals surface area (Å²) in [5.74, 6) is -0.196. The number of methoxy groups -OCH3 is 1. The second-order valence-electron chi connectivity index (χ2n) is 3.45. The van der Waals surface area contributed by atoms with Crippen LogP contribution in [0, 0.1) is 0 Å². The lowest BCUT2D eigenvalue weighted by atomic mass is 10.2. The van der Waals surface area contributed by atoms with Crippen molar-refractivity contribution in [2.24, 2.45) is 0 Å². The minimum Gasteiger partial charge on any atom is -0.468 e. The summed E-state index contributed by atoms with van der Waals surface area (Å²) in [5.41, 5.74) is 0. The maximum atomic E-state index is 11.0. The summed E-state index contributed by atoms with van der Waals surface area (Å²) >= 11 is 0. The van der Waals surface area contributed by atoms with Gasteiger partial charge in [0.2, 0.25) is 0 Å². The minimum absolute atomic E-state index is 0.196. The van der Waals surface area contributed by atoms with Crippen LogP contribution in [-0.4, -0.2) is 38.3 Å². The fourth-order valence-electron chi connectivity index (χ4n) is 1.51. The van der Waals surface area contributed by atoms with Gasteiger partial charge >= 0.3 is 5.97 Å². The van der Waals surface area contributed by atoms with E-state index in [1.165, 1.54) is 20.0 Å². The highest BCUT2D eigenvalue weighted by atomic mass is 16.5. The predicted molar refractivity (Wildman–Crippen MR) is 50.5 cm³/mol. The standard InChI is InChI=1S/C9H18N2O2/c1-7(9(12)13-2)11-6-8-4-3-5-10-8/h7-8,10-11H,3-6H2,1-2H3. The molecular weight excluding hydrogens is 168 g/mol. The summed E-state index contributed by atoms with van der Waals surface area (Å²) in [5, 5.41) is 6.49. The topological polar surface area (TPSA) is 50.4 Å². The number of ether oxygens (including phenoxy) is 1. The zero-order valence-electron chi connectivity index (χ0n) is 8.30. The molecule has 2 atom stereocenters. The Labute approximate surface area is 79.0 Å². The van der Waals surface area contributed by atoms with Crippen LogP contribution < -0.4 is 10.6 Å². The lowest BCUT2D eigenvalue weighted by molar-refractivity contribution is -0.142. The molecule has 1 aliphatic rings. The highest BCUT2D eigenvalue weighted by Crippen LogP contribution is 2.03. The highest BCUT2D eigenvalue weighted by Gasteiger charge is 2.17. The molecule has 1 fully saturated rings. The molecule has 0 spiro atoms. The van der Waals surface area contributed by atoms with Crippen molar-refractivity contribution in [2.75, 3.05) is 20.2 Å². The molecule has 0 amide bonds. The number of hydrogen-bond acceptors (Lipinski definition) is 4. The molecular formula is C9H18N2O2. The lowest BCUT2D eigenvalue weighted by Gasteiger charge is -2.15. The number of carbonyl (C=O) groups is 1. The summed E-state index contributed by atoms with van der Waals surface area (Å²) in [6, 6.07) is 0.319. The Morgan fingerprint density at radius 3 is 3.08 bits per heavy atom. The zero-order valence-corrected chi connectivity index (χ0v) is 8.30. The molecule has 1 rings (SSSR count). The Bertz CT molecular complexity index is 167. The first-order valence-corrected chi connectivity index (χ1v) is 4.78. The van der Waals surface area contributed by atoms with Gasteiger partial charge in [-0.25, -0.2) is 0 Å². The first kappa shape index (κ1) is 10.5. The van der Waals surface area contributed by atoms with Crippen molar-refractivity contribution < 1.29 is 9.53 Å². The molecule has 0 aliphatic carbocycles. The van der Waals surface area contributed by atoms with Gasteiger partial charge in [0, 0.05) is 12.6 Å². The summed E-state index contributed by atoms with van der Waals surface area (Å²) in [6.07, 6.45) is 2.43. The first-order chi connectivity index (χ1) is 6.24. The van der Waals surface area contributed by atoms with Gasteiger partial charge in [-0.2, -0.15) is 0 Å². The molecule has 4 heteroatoms. The van der Waals surface area contributed by atoms with Crippen LogP contribution in [0.4, 0.5) is 0 Å². The lowest BCUT2D eigenvalue weighted by Crippen LogP contribution is -2.42. The number of carbonyl (C=O) groups excluding carboxylic acids is 1. The van der Waals surface area contributed by atoms with Crippen molar-refractivity contribution in [3.8, 4) is 0 Å². The quantitative estimate of drug-likeness (QED) is 0.601. The molecule has 76 valence electrons. The third kappa shape index (κ3) is 3.32. The van der Waals surface area contributed by atoms with E-state index in [1.807, 2.05) is 6.92 Å². The monoisotopic (exact) mass is 186 g/mol. The van der Waals surface area contributed by atoms with Gasteiger partial charge in [-0.1, -0.05) is 0 Å². The van der Waals surface area contributed by atoms with Crippen molar-refractivity contribution >= 4 is 5.97 Å². The van der Waals surface area contributed by atoms with Crippen molar-refractivity contribution in [2.45, 2.75) is 31.8 Å². The number of rotatable bonds is 4. The van der Waals surface area contributed by atoms with E-state index in [9.17, 15) is 4.79 Å². The van der Waals surface area contributed by atoms with Gasteiger partial charge in [0.05, 0.1) is 7.11 Å². The van der Waals surface area contributed by atoms with E-state index < -0.39 is 0 Å². The van der Waals surface area contributed by atoms with E-state index in [-0.39, 0.29) is 12.0 Å². The van der Waals surface area contributed by atoms with Gasteiger partial charge in [0.25, 0.3) is 0 Å². The normalized spacial score (nSPS) is 24.3. The van der Waals surface area contributed by atoms with Crippen LogP contribution in [0.5, 0.6) is 0 Å². The molecule has 0 aromatic carbocycles. The first-order valence-electron chi connectivity index (χ1n) is 4.78. The van der Waals surface area contributed by atoms with Crippen molar-refractivity contribution in [1.29, 1.82) is 0 Å². The van der Waals surface area contributed by atoms with Gasteiger partial charge in [0.15, 0.2) is 0 Å². The summed E-state index contributed by atoms with van der Waals surface area (Å²) < 4.78 is 4.61. The molecule has 1 saturated heterocycles. The van der Waals surface area contributed by atoms with Gasteiger partial charge < -0.3 is 15.4 Å². The van der Waals surface area contributed by atoms with E-state index in [1.54, 1.807) is 0 Å². The van der Waals surface area contributed by atoms with Crippen molar-refractivity contribution in [1.82, 2.24) is 10.6 Å². The van der Waals surface area contributed by atoms with E-state index >= 15 is 0 Å². The largest absolute Gasteiger partial charge is 0.468 e. The maximum absolute atomic E-state index is 11.0. The van der Waals surface area contributed by atoms with E-state index in [2.05, 4.69) is 15.4 Å². The Kier molecular flexibility index (Phi) is 4.18. The Balaban J connectivity index is 2.13. The average molecular weight is 186 g/mol. The van der Waals surface area contributed by atoms with Crippen LogP contribution in [0.25, 0.3) is 0 Å². The molecule has 1 aliphatic heterocycles. The molecule has 0 bridgehead atoms. The van der Waals surface area contributed by atoms with Gasteiger partial charge in [-0.05, 0) is 26.3 Å². The maximum Gasteiger partial charge on any atom is 0.322 e.